The van der Waals surface area contributed by atoms with Crippen LogP contribution >= 0.6 is 0 Å². The van der Waals surface area contributed by atoms with Crippen LogP contribution in [0.5, 0.6) is 0 Å². The van der Waals surface area contributed by atoms with Crippen molar-refractivity contribution in [1.29, 1.82) is 0 Å². The van der Waals surface area contributed by atoms with Gasteiger partial charge in [0.15, 0.2) is 12.1 Å². The molecule has 0 aliphatic heterocycles. The van der Waals surface area contributed by atoms with E-state index in [1.54, 1.807) is 0 Å². The number of ketones is 1. The van der Waals surface area contributed by atoms with Gasteiger partial charge in [-0.15, -0.1) is 0 Å². The van der Waals surface area contributed by atoms with Crippen LogP contribution in [0.2, 0.25) is 0 Å². The molecule has 0 saturated heterocycles. The zero-order chi connectivity index (χ0) is 14.9. The molecule has 0 aromatic heterocycles. The Labute approximate surface area is 119 Å². The highest BCUT2D eigenvalue weighted by atomic mass is 16.1. The van der Waals surface area contributed by atoms with Crippen LogP contribution in [0, 0.1) is 5.92 Å². The summed E-state index contributed by atoms with van der Waals surface area (Å²) in [7, 11) is 0. The zero-order valence-electron chi connectivity index (χ0n) is 12.4. The molecule has 2 aromatic rings. The van der Waals surface area contributed by atoms with E-state index < -0.39 is 0 Å². The van der Waals surface area contributed by atoms with Gasteiger partial charge >= 0.3 is 0 Å². The minimum absolute atomic E-state index is 0.0807. The predicted molar refractivity (Wildman–Crippen MR) is 82.6 cm³/mol. The molecule has 2 rings (SSSR count). The van der Waals surface area contributed by atoms with Crippen molar-refractivity contribution in [2.24, 2.45) is 5.92 Å². The van der Waals surface area contributed by atoms with Crippen LogP contribution in [-0.4, -0.2) is 12.1 Å². The van der Waals surface area contributed by atoms with E-state index in [1.165, 1.54) is 5.56 Å². The first-order chi connectivity index (χ1) is 9.47. The Hall–Kier alpha value is -1.96. The quantitative estimate of drug-likeness (QED) is 0.599. The Bertz CT molecular complexity index is 666. The van der Waals surface area contributed by atoms with E-state index in [-0.39, 0.29) is 11.7 Å². The smallest absolute Gasteiger partial charge is 0.166 e. The second-order valence-electron chi connectivity index (χ2n) is 5.76. The van der Waals surface area contributed by atoms with Crippen molar-refractivity contribution in [2.45, 2.75) is 33.6 Å². The minimum Gasteiger partial charge on any atom is -0.298 e. The second-order valence-corrected chi connectivity index (χ2v) is 5.76. The van der Waals surface area contributed by atoms with Crippen molar-refractivity contribution in [2.75, 3.05) is 0 Å². The number of Topliss-reactive ketones (excluding diaryl/α,β-unsaturated/α-hetero) is 1. The van der Waals surface area contributed by atoms with Gasteiger partial charge in [-0.3, -0.25) is 9.59 Å². The molecular formula is C18H20O2. The summed E-state index contributed by atoms with van der Waals surface area (Å²) in [5.74, 6) is 0.352. The monoisotopic (exact) mass is 268 g/mol. The van der Waals surface area contributed by atoms with E-state index in [4.69, 9.17) is 0 Å². The van der Waals surface area contributed by atoms with E-state index in [0.717, 1.165) is 17.1 Å². The van der Waals surface area contributed by atoms with Gasteiger partial charge < -0.3 is 0 Å². The summed E-state index contributed by atoms with van der Waals surface area (Å²) in [5, 5.41) is 1.81. The zero-order valence-corrected chi connectivity index (χ0v) is 12.4. The standard InChI is InChI=1S/C18H20O2/c1-11(2)14-9-8-13(10-19)17-15(14)6-5-7-16(17)18(20)12(3)4/h5-12H,1-4H3. The van der Waals surface area contributed by atoms with E-state index in [9.17, 15) is 9.59 Å². The maximum Gasteiger partial charge on any atom is 0.166 e. The van der Waals surface area contributed by atoms with Gasteiger partial charge in [-0.2, -0.15) is 0 Å². The van der Waals surface area contributed by atoms with Gasteiger partial charge in [0.05, 0.1) is 0 Å². The van der Waals surface area contributed by atoms with Crippen LogP contribution in [0.15, 0.2) is 30.3 Å². The SMILES string of the molecule is CC(C)C(=O)c1cccc2c(C(C)C)ccc(C=O)c12. The van der Waals surface area contributed by atoms with Crippen molar-refractivity contribution in [3.63, 3.8) is 0 Å². The first-order valence-electron chi connectivity index (χ1n) is 7.02. The molecule has 0 bridgehead atoms. The minimum atomic E-state index is -0.0807. The molecule has 2 aromatic carbocycles. The average molecular weight is 268 g/mol. The molecule has 0 aliphatic carbocycles. The van der Waals surface area contributed by atoms with Gasteiger partial charge in [0.25, 0.3) is 0 Å². The van der Waals surface area contributed by atoms with Crippen molar-refractivity contribution in [3.8, 4) is 0 Å². The van der Waals surface area contributed by atoms with Gasteiger partial charge in [-0.05, 0) is 16.9 Å². The molecular weight excluding hydrogens is 248 g/mol. The number of rotatable bonds is 4. The summed E-state index contributed by atoms with van der Waals surface area (Å²) in [5.41, 5.74) is 2.42. The Kier molecular flexibility index (Phi) is 4.03. The van der Waals surface area contributed by atoms with Gasteiger partial charge in [0.2, 0.25) is 0 Å². The second kappa shape index (κ2) is 5.58. The highest BCUT2D eigenvalue weighted by molar-refractivity contribution is 6.14. The molecule has 0 atom stereocenters. The molecule has 0 N–H and O–H groups in total. The van der Waals surface area contributed by atoms with Crippen LogP contribution in [0.3, 0.4) is 0 Å². The number of fused-ring (bicyclic) bond motifs is 1. The highest BCUT2D eigenvalue weighted by Crippen LogP contribution is 2.31. The van der Waals surface area contributed by atoms with Crippen molar-refractivity contribution in [1.82, 2.24) is 0 Å². The molecule has 0 radical (unpaired) electrons. The largest absolute Gasteiger partial charge is 0.298 e. The highest BCUT2D eigenvalue weighted by Gasteiger charge is 2.17. The fourth-order valence-electron chi connectivity index (χ4n) is 2.57. The lowest BCUT2D eigenvalue weighted by atomic mass is 9.88. The third kappa shape index (κ3) is 2.38. The summed E-state index contributed by atoms with van der Waals surface area (Å²) < 4.78 is 0. The molecule has 104 valence electrons. The number of hydrogen-bond acceptors (Lipinski definition) is 2. The third-order valence-electron chi connectivity index (χ3n) is 3.65. The van der Waals surface area contributed by atoms with Gasteiger partial charge in [0, 0.05) is 22.4 Å². The normalized spacial score (nSPS) is 11.3. The maximum absolute atomic E-state index is 12.4. The van der Waals surface area contributed by atoms with E-state index in [0.29, 0.717) is 17.0 Å². The summed E-state index contributed by atoms with van der Waals surface area (Å²) in [6.07, 6.45) is 0.837. The van der Waals surface area contributed by atoms with E-state index in [1.807, 2.05) is 44.2 Å². The third-order valence-corrected chi connectivity index (χ3v) is 3.65. The van der Waals surface area contributed by atoms with Crippen LogP contribution in [0.4, 0.5) is 0 Å². The summed E-state index contributed by atoms with van der Waals surface area (Å²) in [6.45, 7) is 8.00. The van der Waals surface area contributed by atoms with Gasteiger partial charge in [-0.25, -0.2) is 0 Å². The Morgan fingerprint density at radius 1 is 1.05 bits per heavy atom. The van der Waals surface area contributed by atoms with Gasteiger partial charge in [0.1, 0.15) is 0 Å². The van der Waals surface area contributed by atoms with Crippen LogP contribution in [0.25, 0.3) is 10.8 Å². The molecule has 0 aliphatic rings. The topological polar surface area (TPSA) is 34.1 Å². The molecule has 0 unspecified atom stereocenters. The first kappa shape index (κ1) is 14.4. The number of benzene rings is 2. The van der Waals surface area contributed by atoms with Crippen molar-refractivity contribution >= 4 is 22.8 Å². The van der Waals surface area contributed by atoms with Crippen LogP contribution in [-0.2, 0) is 0 Å². The number of aldehydes is 1. The maximum atomic E-state index is 12.4. The lowest BCUT2D eigenvalue weighted by molar-refractivity contribution is 0.0941. The Morgan fingerprint density at radius 2 is 1.75 bits per heavy atom. The average Bonchev–Trinajstić information content (AvgIpc) is 2.44. The fourth-order valence-corrected chi connectivity index (χ4v) is 2.57. The predicted octanol–water partition coefficient (Wildman–Crippen LogP) is 4.61. The summed E-state index contributed by atoms with van der Waals surface area (Å²) in [6, 6.07) is 9.52. The summed E-state index contributed by atoms with van der Waals surface area (Å²) in [4.78, 5) is 23.7. The lowest BCUT2D eigenvalue weighted by Crippen LogP contribution is -2.09. The van der Waals surface area contributed by atoms with Crippen LogP contribution in [0.1, 0.15) is 59.9 Å². The van der Waals surface area contributed by atoms with Crippen LogP contribution < -0.4 is 0 Å². The molecule has 0 heterocycles. The van der Waals surface area contributed by atoms with Gasteiger partial charge in [-0.1, -0.05) is 58.0 Å². The van der Waals surface area contributed by atoms with Crippen molar-refractivity contribution < 1.29 is 9.59 Å². The molecule has 0 spiro atoms. The molecule has 20 heavy (non-hydrogen) atoms. The van der Waals surface area contributed by atoms with E-state index in [2.05, 4.69) is 13.8 Å². The molecule has 0 fully saturated rings. The number of hydrogen-bond donors (Lipinski definition) is 0. The summed E-state index contributed by atoms with van der Waals surface area (Å²) >= 11 is 0. The molecule has 2 nitrogen and oxygen atoms in total. The Balaban J connectivity index is 2.87. The Morgan fingerprint density at radius 3 is 2.30 bits per heavy atom. The number of carbonyl (C=O) groups is 2. The number of carbonyl (C=O) groups excluding carboxylic acids is 2. The molecule has 0 saturated carbocycles. The lowest BCUT2D eigenvalue weighted by Gasteiger charge is -2.15. The van der Waals surface area contributed by atoms with E-state index >= 15 is 0 Å². The van der Waals surface area contributed by atoms with Crippen molar-refractivity contribution in [3.05, 3.63) is 47.0 Å². The first-order valence-corrected chi connectivity index (χ1v) is 7.02. The molecule has 0 amide bonds. The molecule has 2 heteroatoms. The fraction of sp³-hybridized carbons (Fsp3) is 0.333.